The summed E-state index contributed by atoms with van der Waals surface area (Å²) >= 11 is 6.48. The standard InChI is InChI=1S/C29H25ClF2N6O2/c1-2-27(39)36-24-14-18(6-9-23(24)32)28-25(34-20-5-3-4-19(31)15-20)17-33-29(37-28)35-21-7-8-22(30)26(16-21)38-10-12-40-13-11-38/h2-9,14-17,34H,1,10-13H2,(H,36,39)(H,33,35,37). The van der Waals surface area contributed by atoms with Crippen molar-refractivity contribution in [1.82, 2.24) is 9.97 Å². The van der Waals surface area contributed by atoms with Gasteiger partial charge in [-0.1, -0.05) is 24.2 Å². The number of carbonyl (C=O) groups is 1. The van der Waals surface area contributed by atoms with E-state index in [2.05, 4.69) is 32.4 Å². The number of halogens is 3. The molecule has 3 aromatic carbocycles. The molecule has 3 N–H and O–H groups in total. The van der Waals surface area contributed by atoms with Crippen LogP contribution in [0, 0.1) is 11.6 Å². The van der Waals surface area contributed by atoms with Crippen LogP contribution in [0.2, 0.25) is 5.02 Å². The highest BCUT2D eigenvalue weighted by atomic mass is 35.5. The number of hydrogen-bond donors (Lipinski definition) is 3. The van der Waals surface area contributed by atoms with Gasteiger partial charge in [0.2, 0.25) is 11.9 Å². The molecule has 0 radical (unpaired) electrons. The van der Waals surface area contributed by atoms with Crippen molar-refractivity contribution >= 4 is 51.9 Å². The van der Waals surface area contributed by atoms with E-state index >= 15 is 0 Å². The molecule has 8 nitrogen and oxygen atoms in total. The lowest BCUT2D eigenvalue weighted by Gasteiger charge is -2.30. The fraction of sp³-hybridized carbons (Fsp3) is 0.138. The number of amides is 1. The molecule has 40 heavy (non-hydrogen) atoms. The highest BCUT2D eigenvalue weighted by Gasteiger charge is 2.17. The third-order valence-corrected chi connectivity index (χ3v) is 6.45. The maximum absolute atomic E-state index is 14.5. The van der Waals surface area contributed by atoms with Gasteiger partial charge < -0.3 is 25.6 Å². The summed E-state index contributed by atoms with van der Waals surface area (Å²) in [7, 11) is 0. The van der Waals surface area contributed by atoms with Gasteiger partial charge in [-0.2, -0.15) is 0 Å². The maximum atomic E-state index is 14.5. The molecule has 0 saturated carbocycles. The van der Waals surface area contributed by atoms with E-state index in [0.29, 0.717) is 46.6 Å². The predicted molar refractivity (Wildman–Crippen MR) is 154 cm³/mol. The zero-order valence-corrected chi connectivity index (χ0v) is 22.0. The normalized spacial score (nSPS) is 13.0. The molecule has 1 fully saturated rings. The van der Waals surface area contributed by atoms with Crippen LogP contribution in [0.15, 0.2) is 79.5 Å². The minimum atomic E-state index is -0.622. The molecule has 1 amide bonds. The SMILES string of the molecule is C=CC(=O)Nc1cc(-c2nc(Nc3ccc(Cl)c(N4CCOCC4)c3)ncc2Nc2cccc(F)c2)ccc1F. The second-order valence-electron chi connectivity index (χ2n) is 8.87. The first-order valence-corrected chi connectivity index (χ1v) is 12.8. The Morgan fingerprint density at radius 3 is 2.58 bits per heavy atom. The summed E-state index contributed by atoms with van der Waals surface area (Å²) < 4.78 is 33.8. The number of carbonyl (C=O) groups excluding carboxylic acids is 1. The van der Waals surface area contributed by atoms with Crippen LogP contribution >= 0.6 is 11.6 Å². The number of aromatic nitrogens is 2. The predicted octanol–water partition coefficient (Wildman–Crippen LogP) is 6.52. The maximum Gasteiger partial charge on any atom is 0.247 e. The number of hydrogen-bond acceptors (Lipinski definition) is 7. The fourth-order valence-electron chi connectivity index (χ4n) is 4.19. The van der Waals surface area contributed by atoms with Crippen molar-refractivity contribution in [1.29, 1.82) is 0 Å². The van der Waals surface area contributed by atoms with Crippen molar-refractivity contribution in [2.75, 3.05) is 47.2 Å². The topological polar surface area (TPSA) is 91.4 Å². The summed E-state index contributed by atoms with van der Waals surface area (Å²) in [5.41, 5.74) is 3.31. The van der Waals surface area contributed by atoms with E-state index < -0.39 is 17.5 Å². The fourth-order valence-corrected chi connectivity index (χ4v) is 4.43. The van der Waals surface area contributed by atoms with Crippen LogP contribution < -0.4 is 20.9 Å². The highest BCUT2D eigenvalue weighted by molar-refractivity contribution is 6.33. The van der Waals surface area contributed by atoms with Gasteiger partial charge in [-0.05, 0) is 60.7 Å². The van der Waals surface area contributed by atoms with Crippen LogP contribution in [0.5, 0.6) is 0 Å². The lowest BCUT2D eigenvalue weighted by Crippen LogP contribution is -2.36. The Labute approximate surface area is 234 Å². The van der Waals surface area contributed by atoms with Gasteiger partial charge in [-0.15, -0.1) is 0 Å². The van der Waals surface area contributed by atoms with Crippen LogP contribution in [0.4, 0.5) is 43.2 Å². The number of ether oxygens (including phenoxy) is 1. The smallest absolute Gasteiger partial charge is 0.247 e. The minimum absolute atomic E-state index is 0.0416. The van der Waals surface area contributed by atoms with Crippen molar-refractivity contribution in [3.05, 3.63) is 96.2 Å². The summed E-state index contributed by atoms with van der Waals surface area (Å²) in [6.45, 7) is 6.09. The van der Waals surface area contributed by atoms with E-state index in [1.807, 2.05) is 12.1 Å². The number of rotatable bonds is 8. The summed E-state index contributed by atoms with van der Waals surface area (Å²) in [6, 6.07) is 15.7. The molecule has 5 rings (SSSR count). The Balaban J connectivity index is 1.51. The summed E-state index contributed by atoms with van der Waals surface area (Å²) in [5, 5.41) is 9.40. The third kappa shape index (κ3) is 6.36. The molecule has 0 unspecified atom stereocenters. The minimum Gasteiger partial charge on any atom is -0.378 e. The molecular formula is C29H25ClF2N6O2. The van der Waals surface area contributed by atoms with E-state index in [1.165, 1.54) is 30.3 Å². The lowest BCUT2D eigenvalue weighted by molar-refractivity contribution is -0.111. The Bertz CT molecular complexity index is 1560. The van der Waals surface area contributed by atoms with E-state index in [1.54, 1.807) is 24.4 Å². The van der Waals surface area contributed by atoms with Crippen LogP contribution in [0.25, 0.3) is 11.3 Å². The molecule has 1 aliphatic rings. The molecule has 0 spiro atoms. The van der Waals surface area contributed by atoms with Gasteiger partial charge in [0.1, 0.15) is 11.6 Å². The van der Waals surface area contributed by atoms with E-state index in [0.717, 1.165) is 24.9 Å². The average Bonchev–Trinajstić information content (AvgIpc) is 2.96. The molecule has 1 aliphatic heterocycles. The summed E-state index contributed by atoms with van der Waals surface area (Å²) in [6.07, 6.45) is 2.59. The third-order valence-electron chi connectivity index (χ3n) is 6.13. The van der Waals surface area contributed by atoms with Crippen LogP contribution in [-0.4, -0.2) is 42.2 Å². The molecule has 2 heterocycles. The Morgan fingerprint density at radius 1 is 1.00 bits per heavy atom. The van der Waals surface area contributed by atoms with Crippen molar-refractivity contribution in [3.8, 4) is 11.3 Å². The molecular weight excluding hydrogens is 538 g/mol. The Morgan fingerprint density at radius 2 is 1.80 bits per heavy atom. The van der Waals surface area contributed by atoms with Crippen molar-refractivity contribution < 1.29 is 18.3 Å². The average molecular weight is 563 g/mol. The summed E-state index contributed by atoms with van der Waals surface area (Å²) in [5.74, 6) is -1.34. The van der Waals surface area contributed by atoms with E-state index in [-0.39, 0.29) is 11.6 Å². The summed E-state index contributed by atoms with van der Waals surface area (Å²) in [4.78, 5) is 23.1. The number of anilines is 6. The highest BCUT2D eigenvalue weighted by Crippen LogP contribution is 2.34. The molecule has 0 atom stereocenters. The Kier molecular flexibility index (Phi) is 8.18. The lowest BCUT2D eigenvalue weighted by atomic mass is 10.1. The van der Waals surface area contributed by atoms with E-state index in [4.69, 9.17) is 21.3 Å². The number of nitrogens with zero attached hydrogens (tertiary/aromatic N) is 3. The first kappa shape index (κ1) is 27.0. The first-order valence-electron chi connectivity index (χ1n) is 12.4. The van der Waals surface area contributed by atoms with Crippen LogP contribution in [0.1, 0.15) is 0 Å². The van der Waals surface area contributed by atoms with Gasteiger partial charge in [-0.3, -0.25) is 4.79 Å². The first-order chi connectivity index (χ1) is 19.4. The number of nitrogens with one attached hydrogen (secondary N) is 3. The van der Waals surface area contributed by atoms with E-state index in [9.17, 15) is 13.6 Å². The molecule has 1 saturated heterocycles. The van der Waals surface area contributed by atoms with Crippen LogP contribution in [0.3, 0.4) is 0 Å². The van der Waals surface area contributed by atoms with Gasteiger partial charge in [0.25, 0.3) is 0 Å². The largest absolute Gasteiger partial charge is 0.378 e. The molecule has 0 aliphatic carbocycles. The second kappa shape index (κ2) is 12.1. The zero-order chi connectivity index (χ0) is 28.1. The number of benzene rings is 3. The van der Waals surface area contributed by atoms with Gasteiger partial charge in [0, 0.05) is 30.0 Å². The quantitative estimate of drug-likeness (QED) is 0.210. The van der Waals surface area contributed by atoms with Crippen LogP contribution in [-0.2, 0) is 9.53 Å². The number of morpholine rings is 1. The van der Waals surface area contributed by atoms with Gasteiger partial charge in [-0.25, -0.2) is 18.7 Å². The van der Waals surface area contributed by atoms with Crippen molar-refractivity contribution in [2.24, 2.45) is 0 Å². The zero-order valence-electron chi connectivity index (χ0n) is 21.3. The molecule has 1 aromatic heterocycles. The molecule has 0 bridgehead atoms. The van der Waals surface area contributed by atoms with Gasteiger partial charge in [0.15, 0.2) is 0 Å². The molecule has 4 aromatic rings. The molecule has 204 valence electrons. The van der Waals surface area contributed by atoms with Crippen molar-refractivity contribution in [3.63, 3.8) is 0 Å². The Hall–Kier alpha value is -4.54. The van der Waals surface area contributed by atoms with Gasteiger partial charge >= 0.3 is 0 Å². The van der Waals surface area contributed by atoms with Gasteiger partial charge in [0.05, 0.1) is 47.2 Å². The second-order valence-corrected chi connectivity index (χ2v) is 9.28. The monoisotopic (exact) mass is 562 g/mol. The molecule has 11 heteroatoms. The van der Waals surface area contributed by atoms with Crippen molar-refractivity contribution in [2.45, 2.75) is 0 Å².